The van der Waals surface area contributed by atoms with Crippen LogP contribution in [0.2, 0.25) is 5.02 Å². The molecule has 2 aromatic rings. The Bertz CT molecular complexity index is 899. The Hall–Kier alpha value is -2.46. The zero-order chi connectivity index (χ0) is 19.6. The van der Waals surface area contributed by atoms with Crippen LogP contribution in [0.5, 0.6) is 0 Å². The van der Waals surface area contributed by atoms with Crippen LogP contribution in [0.3, 0.4) is 0 Å². The monoisotopic (exact) mass is 386 g/mol. The molecule has 1 aliphatic rings. The van der Waals surface area contributed by atoms with E-state index in [4.69, 9.17) is 16.3 Å². The van der Waals surface area contributed by atoms with Crippen LogP contribution in [-0.4, -0.2) is 18.4 Å². The number of rotatable bonds is 4. The lowest BCUT2D eigenvalue weighted by atomic mass is 9.73. The van der Waals surface area contributed by atoms with E-state index in [9.17, 15) is 14.0 Å². The van der Waals surface area contributed by atoms with E-state index in [1.54, 1.807) is 13.0 Å². The minimum Gasteiger partial charge on any atom is -0.465 e. The van der Waals surface area contributed by atoms with Crippen LogP contribution in [0.25, 0.3) is 5.57 Å². The van der Waals surface area contributed by atoms with Gasteiger partial charge < -0.3 is 4.74 Å². The van der Waals surface area contributed by atoms with Crippen molar-refractivity contribution in [2.45, 2.75) is 26.2 Å². The van der Waals surface area contributed by atoms with E-state index in [1.807, 2.05) is 31.2 Å². The van der Waals surface area contributed by atoms with Gasteiger partial charge in [-0.05, 0) is 49.6 Å². The van der Waals surface area contributed by atoms with E-state index < -0.39 is 23.6 Å². The lowest BCUT2D eigenvalue weighted by Crippen LogP contribution is -2.34. The summed E-state index contributed by atoms with van der Waals surface area (Å²) in [6.07, 6.45) is 1.79. The number of esters is 1. The minimum atomic E-state index is -1.10. The minimum absolute atomic E-state index is 0.148. The smallest absolute Gasteiger partial charge is 0.317 e. The second-order valence-electron chi connectivity index (χ2n) is 6.62. The topological polar surface area (TPSA) is 43.4 Å². The van der Waals surface area contributed by atoms with Gasteiger partial charge in [0.05, 0.1) is 6.61 Å². The molecule has 1 aliphatic carbocycles. The van der Waals surface area contributed by atoms with E-state index in [1.165, 1.54) is 18.2 Å². The van der Waals surface area contributed by atoms with Gasteiger partial charge in [0.2, 0.25) is 0 Å². The Labute approximate surface area is 162 Å². The third-order valence-corrected chi connectivity index (χ3v) is 5.09. The van der Waals surface area contributed by atoms with Crippen LogP contribution in [0.1, 0.15) is 36.0 Å². The maximum Gasteiger partial charge on any atom is 0.317 e. The zero-order valence-corrected chi connectivity index (χ0v) is 15.9. The van der Waals surface area contributed by atoms with E-state index in [0.717, 1.165) is 16.7 Å². The Balaban J connectivity index is 2.11. The first-order valence-electron chi connectivity index (χ1n) is 8.84. The molecule has 0 bridgehead atoms. The largest absolute Gasteiger partial charge is 0.465 e. The first-order valence-corrected chi connectivity index (χ1v) is 9.22. The molecule has 0 radical (unpaired) electrons. The molecule has 0 amide bonds. The van der Waals surface area contributed by atoms with E-state index in [-0.39, 0.29) is 23.0 Å². The molecule has 0 N–H and O–H groups in total. The molecule has 2 atom stereocenters. The summed E-state index contributed by atoms with van der Waals surface area (Å²) in [5.41, 5.74) is 2.87. The van der Waals surface area contributed by atoms with Gasteiger partial charge in [0.15, 0.2) is 5.78 Å². The van der Waals surface area contributed by atoms with Gasteiger partial charge >= 0.3 is 5.97 Å². The normalized spacial score (nSPS) is 19.6. The zero-order valence-electron chi connectivity index (χ0n) is 15.2. The van der Waals surface area contributed by atoms with Crippen molar-refractivity contribution >= 4 is 28.9 Å². The number of hydrogen-bond donors (Lipinski definition) is 0. The highest BCUT2D eigenvalue weighted by molar-refractivity contribution is 6.31. The fraction of sp³-hybridized carbons (Fsp3) is 0.273. The van der Waals surface area contributed by atoms with Gasteiger partial charge in [-0.2, -0.15) is 0 Å². The predicted octanol–water partition coefficient (Wildman–Crippen LogP) is 5.11. The standard InChI is InChI=1S/C22H20ClFO3/c1-3-27-22(26)21-16(20-17(23)8-5-9-18(20)24)11-15(12-19(21)25)14-7-4-6-13(2)10-14/h4-10,12,16,21H,3,11H2,1-2H3/t16-,21+/m0/s1. The van der Waals surface area contributed by atoms with Crippen molar-refractivity contribution in [2.24, 2.45) is 5.92 Å². The van der Waals surface area contributed by atoms with Crippen LogP contribution in [0.15, 0.2) is 48.5 Å². The number of benzene rings is 2. The van der Waals surface area contributed by atoms with E-state index in [0.29, 0.717) is 6.42 Å². The third-order valence-electron chi connectivity index (χ3n) is 4.77. The summed E-state index contributed by atoms with van der Waals surface area (Å²) in [7, 11) is 0. The fourth-order valence-electron chi connectivity index (χ4n) is 3.57. The van der Waals surface area contributed by atoms with E-state index in [2.05, 4.69) is 0 Å². The van der Waals surface area contributed by atoms with Crippen molar-refractivity contribution in [3.63, 3.8) is 0 Å². The molecule has 0 fully saturated rings. The third kappa shape index (κ3) is 3.96. The number of aryl methyl sites for hydroxylation is 1. The average Bonchev–Trinajstić information content (AvgIpc) is 2.61. The van der Waals surface area contributed by atoms with Crippen molar-refractivity contribution in [3.05, 3.63) is 76.1 Å². The number of carbonyl (C=O) groups is 2. The Morgan fingerprint density at radius 3 is 2.67 bits per heavy atom. The van der Waals surface area contributed by atoms with Gasteiger partial charge in [-0.25, -0.2) is 4.39 Å². The molecule has 3 nitrogen and oxygen atoms in total. The number of ketones is 1. The van der Waals surface area contributed by atoms with E-state index >= 15 is 0 Å². The highest BCUT2D eigenvalue weighted by Gasteiger charge is 2.41. The second-order valence-corrected chi connectivity index (χ2v) is 7.02. The Morgan fingerprint density at radius 2 is 2.00 bits per heavy atom. The second kappa shape index (κ2) is 8.05. The maximum atomic E-state index is 14.6. The molecule has 0 unspecified atom stereocenters. The van der Waals surface area contributed by atoms with Crippen LogP contribution in [-0.2, 0) is 14.3 Å². The molecule has 0 heterocycles. The van der Waals surface area contributed by atoms with Crippen molar-refractivity contribution in [1.29, 1.82) is 0 Å². The van der Waals surface area contributed by atoms with Crippen molar-refractivity contribution in [2.75, 3.05) is 6.61 Å². The number of halogens is 2. The van der Waals surface area contributed by atoms with Crippen molar-refractivity contribution in [1.82, 2.24) is 0 Å². The molecular weight excluding hydrogens is 367 g/mol. The van der Waals surface area contributed by atoms with Gasteiger partial charge in [0.25, 0.3) is 0 Å². The molecule has 0 aliphatic heterocycles. The van der Waals surface area contributed by atoms with Crippen LogP contribution < -0.4 is 0 Å². The summed E-state index contributed by atoms with van der Waals surface area (Å²) in [6.45, 7) is 3.78. The van der Waals surface area contributed by atoms with Gasteiger partial charge in [0, 0.05) is 16.5 Å². The van der Waals surface area contributed by atoms with Crippen LogP contribution >= 0.6 is 11.6 Å². The van der Waals surface area contributed by atoms with Crippen molar-refractivity contribution < 1.29 is 18.7 Å². The van der Waals surface area contributed by atoms with Gasteiger partial charge in [-0.15, -0.1) is 0 Å². The van der Waals surface area contributed by atoms with Crippen LogP contribution in [0, 0.1) is 18.7 Å². The maximum absolute atomic E-state index is 14.6. The number of ether oxygens (including phenoxy) is 1. The first-order chi connectivity index (χ1) is 12.9. The Kier molecular flexibility index (Phi) is 5.76. The molecule has 5 heteroatoms. The molecule has 0 aromatic heterocycles. The Morgan fingerprint density at radius 1 is 1.26 bits per heavy atom. The predicted molar refractivity (Wildman–Crippen MR) is 103 cm³/mol. The summed E-state index contributed by atoms with van der Waals surface area (Å²) >= 11 is 6.25. The summed E-state index contributed by atoms with van der Waals surface area (Å²) < 4.78 is 19.7. The SMILES string of the molecule is CCOC(=O)[C@H]1C(=O)C=C(c2cccc(C)c2)C[C@H]1c1c(F)cccc1Cl. The molecule has 140 valence electrons. The van der Waals surface area contributed by atoms with Gasteiger partial charge in [-0.1, -0.05) is 47.5 Å². The first kappa shape index (κ1) is 19.3. The molecular formula is C22H20ClFO3. The lowest BCUT2D eigenvalue weighted by molar-refractivity contribution is -0.151. The quantitative estimate of drug-likeness (QED) is 0.542. The highest BCUT2D eigenvalue weighted by Crippen LogP contribution is 2.43. The molecule has 0 saturated heterocycles. The van der Waals surface area contributed by atoms with Crippen LogP contribution in [0.4, 0.5) is 4.39 Å². The molecule has 2 aromatic carbocycles. The van der Waals surface area contributed by atoms with Crippen molar-refractivity contribution in [3.8, 4) is 0 Å². The number of hydrogen-bond acceptors (Lipinski definition) is 3. The summed E-state index contributed by atoms with van der Waals surface area (Å²) in [5, 5.41) is 0.201. The summed E-state index contributed by atoms with van der Waals surface area (Å²) in [5.74, 6) is -3.38. The fourth-order valence-corrected chi connectivity index (χ4v) is 3.87. The highest BCUT2D eigenvalue weighted by atomic mass is 35.5. The molecule has 3 rings (SSSR count). The average molecular weight is 387 g/mol. The lowest BCUT2D eigenvalue weighted by Gasteiger charge is -2.30. The summed E-state index contributed by atoms with van der Waals surface area (Å²) in [6, 6.07) is 12.1. The molecule has 0 spiro atoms. The van der Waals surface area contributed by atoms with Gasteiger partial charge in [0.1, 0.15) is 11.7 Å². The number of carbonyl (C=O) groups excluding carboxylic acids is 2. The molecule has 27 heavy (non-hydrogen) atoms. The number of allylic oxidation sites excluding steroid dienone is 2. The van der Waals surface area contributed by atoms with Gasteiger partial charge in [-0.3, -0.25) is 9.59 Å². The summed E-state index contributed by atoms with van der Waals surface area (Å²) in [4.78, 5) is 25.3. The molecule has 0 saturated carbocycles.